The van der Waals surface area contributed by atoms with Crippen LogP contribution >= 0.6 is 0 Å². The lowest BCUT2D eigenvalue weighted by Crippen LogP contribution is -2.31. The molecule has 0 aromatic carbocycles. The highest BCUT2D eigenvalue weighted by molar-refractivity contribution is 5.96. The summed E-state index contributed by atoms with van der Waals surface area (Å²) in [6, 6.07) is 4.60. The molecule has 1 aromatic heterocycles. The summed E-state index contributed by atoms with van der Waals surface area (Å²) in [5.74, 6) is 1.42. The lowest BCUT2D eigenvalue weighted by molar-refractivity contribution is 0.0848. The topological polar surface area (TPSA) is 34.0 Å². The van der Waals surface area contributed by atoms with Crippen molar-refractivity contribution in [2.75, 3.05) is 13.1 Å². The second-order valence-electron chi connectivity index (χ2n) is 6.78. The molecule has 3 rings (SSSR count). The first-order valence-electron chi connectivity index (χ1n) is 8.71. The number of rotatable bonds is 4. The molecule has 2 fully saturated rings. The zero-order chi connectivity index (χ0) is 14.7. The van der Waals surface area contributed by atoms with E-state index in [0.717, 1.165) is 50.4 Å². The molecule has 1 aromatic rings. The Morgan fingerprint density at radius 2 is 2.10 bits per heavy atom. The Hall–Kier alpha value is -1.09. The van der Waals surface area contributed by atoms with Crippen molar-refractivity contribution in [3.05, 3.63) is 24.0 Å². The zero-order valence-corrected chi connectivity index (χ0v) is 13.2. The Morgan fingerprint density at radius 3 is 2.86 bits per heavy atom. The van der Waals surface area contributed by atoms with Gasteiger partial charge >= 0.3 is 0 Å². The summed E-state index contributed by atoms with van der Waals surface area (Å²) in [5.41, 5.74) is 0.962. The van der Waals surface area contributed by atoms with Gasteiger partial charge in [-0.05, 0) is 56.8 Å². The van der Waals surface area contributed by atoms with Crippen LogP contribution in [0, 0.1) is 11.8 Å². The average Bonchev–Trinajstić information content (AvgIpc) is 3.04. The highest BCUT2D eigenvalue weighted by Gasteiger charge is 2.29. The maximum Gasteiger partial charge on any atom is 0.182 e. The minimum Gasteiger partial charge on any atom is -0.342 e. The highest BCUT2D eigenvalue weighted by Crippen LogP contribution is 2.34. The molecule has 0 bridgehead atoms. The van der Waals surface area contributed by atoms with E-state index in [2.05, 4.69) is 29.1 Å². The van der Waals surface area contributed by atoms with Gasteiger partial charge in [-0.2, -0.15) is 0 Å². The van der Waals surface area contributed by atoms with Crippen LogP contribution in [0.3, 0.4) is 0 Å². The molecule has 3 nitrogen and oxygen atoms in total. The Balaban J connectivity index is 1.74. The molecule has 0 spiro atoms. The number of hydrogen-bond acceptors (Lipinski definition) is 2. The molecular formula is C18H28N2O. The van der Waals surface area contributed by atoms with Crippen molar-refractivity contribution in [3.8, 4) is 0 Å². The van der Waals surface area contributed by atoms with Crippen LogP contribution in [-0.4, -0.2) is 23.4 Å². The van der Waals surface area contributed by atoms with Crippen molar-refractivity contribution in [1.82, 2.24) is 9.88 Å². The van der Waals surface area contributed by atoms with Crippen LogP contribution < -0.4 is 5.32 Å². The maximum absolute atomic E-state index is 12.9. The van der Waals surface area contributed by atoms with Gasteiger partial charge in [0.05, 0.1) is 5.69 Å². The lowest BCUT2D eigenvalue weighted by Gasteiger charge is -2.30. The van der Waals surface area contributed by atoms with E-state index in [9.17, 15) is 4.79 Å². The van der Waals surface area contributed by atoms with E-state index in [4.69, 9.17) is 0 Å². The molecule has 1 aliphatic carbocycles. The lowest BCUT2D eigenvalue weighted by atomic mass is 9.77. The largest absolute Gasteiger partial charge is 0.342 e. The van der Waals surface area contributed by atoms with Crippen molar-refractivity contribution >= 4 is 5.78 Å². The Bertz CT molecular complexity index is 473. The first kappa shape index (κ1) is 14.8. The number of carbonyl (C=O) groups excluding carboxylic acids is 1. The van der Waals surface area contributed by atoms with Gasteiger partial charge in [0.1, 0.15) is 0 Å². The van der Waals surface area contributed by atoms with Crippen molar-refractivity contribution in [1.29, 1.82) is 0 Å². The standard InChI is InChI=1S/C18H28N2O/c1-2-14-5-3-6-15(13-14)18(21)17-7-4-12-20(17)16-8-10-19-11-9-16/h4,7,12,14-16,19H,2-3,5-6,8-11,13H2,1H3. The predicted octanol–water partition coefficient (Wildman–Crippen LogP) is 3.81. The van der Waals surface area contributed by atoms with Crippen LogP contribution in [0.2, 0.25) is 0 Å². The normalized spacial score (nSPS) is 27.7. The fourth-order valence-corrected chi connectivity index (χ4v) is 4.11. The van der Waals surface area contributed by atoms with E-state index >= 15 is 0 Å². The van der Waals surface area contributed by atoms with Gasteiger partial charge in [-0.25, -0.2) is 0 Å². The summed E-state index contributed by atoms with van der Waals surface area (Å²) in [5, 5.41) is 3.40. The molecule has 116 valence electrons. The number of carbonyl (C=O) groups is 1. The quantitative estimate of drug-likeness (QED) is 0.855. The molecule has 0 radical (unpaired) electrons. The van der Waals surface area contributed by atoms with Crippen molar-refractivity contribution in [2.24, 2.45) is 11.8 Å². The molecule has 1 N–H and O–H groups in total. The van der Waals surface area contributed by atoms with E-state index in [0.29, 0.717) is 11.8 Å². The molecule has 2 unspecified atom stereocenters. The summed E-state index contributed by atoms with van der Waals surface area (Å²) in [6.45, 7) is 4.39. The molecule has 2 atom stereocenters. The van der Waals surface area contributed by atoms with E-state index in [-0.39, 0.29) is 5.92 Å². The Labute approximate surface area is 128 Å². The fourth-order valence-electron chi connectivity index (χ4n) is 4.11. The van der Waals surface area contributed by atoms with Crippen LogP contribution in [0.5, 0.6) is 0 Å². The van der Waals surface area contributed by atoms with E-state index in [1.54, 1.807) is 0 Å². The number of nitrogens with one attached hydrogen (secondary N) is 1. The molecule has 2 aliphatic rings. The average molecular weight is 288 g/mol. The summed E-state index contributed by atoms with van der Waals surface area (Å²) in [4.78, 5) is 12.9. The van der Waals surface area contributed by atoms with E-state index in [1.807, 2.05) is 6.07 Å². The zero-order valence-electron chi connectivity index (χ0n) is 13.2. The van der Waals surface area contributed by atoms with Gasteiger partial charge < -0.3 is 9.88 Å². The Morgan fingerprint density at radius 1 is 1.29 bits per heavy atom. The van der Waals surface area contributed by atoms with Gasteiger partial charge in [0.15, 0.2) is 5.78 Å². The third-order valence-electron chi connectivity index (χ3n) is 5.46. The highest BCUT2D eigenvalue weighted by atomic mass is 16.1. The number of Topliss-reactive ketones (excluding diaryl/α,β-unsaturated/α-hetero) is 1. The second-order valence-corrected chi connectivity index (χ2v) is 6.78. The first-order valence-corrected chi connectivity index (χ1v) is 8.71. The number of nitrogens with zero attached hydrogens (tertiary/aromatic N) is 1. The van der Waals surface area contributed by atoms with Gasteiger partial charge in [-0.15, -0.1) is 0 Å². The van der Waals surface area contributed by atoms with Gasteiger partial charge in [0.25, 0.3) is 0 Å². The van der Waals surface area contributed by atoms with Crippen LogP contribution in [0.15, 0.2) is 18.3 Å². The van der Waals surface area contributed by atoms with Crippen LogP contribution in [0.25, 0.3) is 0 Å². The molecule has 1 saturated carbocycles. The van der Waals surface area contributed by atoms with Crippen LogP contribution in [0.1, 0.15) is 68.4 Å². The smallest absolute Gasteiger partial charge is 0.182 e. The SMILES string of the molecule is CCC1CCCC(C(=O)c2cccn2C2CCNCC2)C1. The molecule has 21 heavy (non-hydrogen) atoms. The van der Waals surface area contributed by atoms with Gasteiger partial charge in [-0.1, -0.05) is 26.2 Å². The monoisotopic (exact) mass is 288 g/mol. The molecule has 1 aliphatic heterocycles. The number of piperidine rings is 1. The third-order valence-corrected chi connectivity index (χ3v) is 5.46. The minimum atomic E-state index is 0.263. The number of aromatic nitrogens is 1. The summed E-state index contributed by atoms with van der Waals surface area (Å²) in [6.07, 6.45) is 10.3. The molecule has 1 saturated heterocycles. The molecule has 3 heteroatoms. The van der Waals surface area contributed by atoms with E-state index < -0.39 is 0 Å². The van der Waals surface area contributed by atoms with Crippen molar-refractivity contribution in [2.45, 2.75) is 57.9 Å². The molecule has 2 heterocycles. The third kappa shape index (κ3) is 3.23. The maximum atomic E-state index is 12.9. The summed E-state index contributed by atoms with van der Waals surface area (Å²) in [7, 11) is 0. The Kier molecular flexibility index (Phi) is 4.79. The molecule has 0 amide bonds. The van der Waals surface area contributed by atoms with E-state index in [1.165, 1.54) is 19.3 Å². The van der Waals surface area contributed by atoms with Gasteiger partial charge in [0, 0.05) is 18.2 Å². The van der Waals surface area contributed by atoms with Crippen LogP contribution in [0.4, 0.5) is 0 Å². The van der Waals surface area contributed by atoms with Gasteiger partial charge in [0.2, 0.25) is 0 Å². The van der Waals surface area contributed by atoms with Crippen molar-refractivity contribution in [3.63, 3.8) is 0 Å². The minimum absolute atomic E-state index is 0.263. The summed E-state index contributed by atoms with van der Waals surface area (Å²) < 4.78 is 2.26. The molecular weight excluding hydrogens is 260 g/mol. The number of ketones is 1. The summed E-state index contributed by atoms with van der Waals surface area (Å²) >= 11 is 0. The second kappa shape index (κ2) is 6.78. The van der Waals surface area contributed by atoms with Gasteiger partial charge in [-0.3, -0.25) is 4.79 Å². The van der Waals surface area contributed by atoms with Crippen molar-refractivity contribution < 1.29 is 4.79 Å². The van der Waals surface area contributed by atoms with Crippen LogP contribution in [-0.2, 0) is 0 Å². The number of hydrogen-bond donors (Lipinski definition) is 1. The predicted molar refractivity (Wildman–Crippen MR) is 85.6 cm³/mol. The first-order chi connectivity index (χ1) is 10.3. The fraction of sp³-hybridized carbons (Fsp3) is 0.722.